The molecule has 1 aliphatic carbocycles. The Morgan fingerprint density at radius 3 is 2.65 bits per heavy atom. The lowest BCUT2D eigenvalue weighted by Crippen LogP contribution is -2.06. The number of aromatic nitrogens is 4. The second-order valence-corrected chi connectivity index (χ2v) is 7.17. The molecule has 10 heteroatoms. The number of hydrogen-bond donors (Lipinski definition) is 0. The van der Waals surface area contributed by atoms with E-state index >= 15 is 0 Å². The van der Waals surface area contributed by atoms with E-state index in [4.69, 9.17) is 39.3 Å². The van der Waals surface area contributed by atoms with Crippen LogP contribution in [0.2, 0.25) is 15.1 Å². The van der Waals surface area contributed by atoms with E-state index in [0.29, 0.717) is 21.3 Å². The molecule has 0 N–H and O–H groups in total. The van der Waals surface area contributed by atoms with Crippen molar-refractivity contribution in [2.24, 2.45) is 0 Å². The minimum atomic E-state index is -2.74. The van der Waals surface area contributed by atoms with Crippen LogP contribution in [0.25, 0.3) is 11.4 Å². The molecule has 136 valence electrons. The SMILES string of the molecule is FC(F)c1nn(Cc2nc(-c3ccc(Cl)cc3Cl)no2)c(C2CC2)c1Cl. The van der Waals surface area contributed by atoms with E-state index in [1.165, 1.54) is 4.68 Å². The summed E-state index contributed by atoms with van der Waals surface area (Å²) >= 11 is 18.1. The Morgan fingerprint density at radius 2 is 2.00 bits per heavy atom. The molecule has 0 radical (unpaired) electrons. The van der Waals surface area contributed by atoms with E-state index < -0.39 is 12.1 Å². The van der Waals surface area contributed by atoms with Gasteiger partial charge in [0.2, 0.25) is 11.7 Å². The van der Waals surface area contributed by atoms with Crippen molar-refractivity contribution in [3.05, 3.63) is 50.5 Å². The topological polar surface area (TPSA) is 56.7 Å². The normalized spacial score (nSPS) is 14.4. The molecule has 0 spiro atoms. The number of alkyl halides is 2. The van der Waals surface area contributed by atoms with Crippen LogP contribution >= 0.6 is 34.8 Å². The molecule has 2 aromatic heterocycles. The van der Waals surface area contributed by atoms with Crippen molar-refractivity contribution in [2.75, 3.05) is 0 Å². The highest BCUT2D eigenvalue weighted by Crippen LogP contribution is 2.45. The fraction of sp³-hybridized carbons (Fsp3) is 0.312. The van der Waals surface area contributed by atoms with Crippen LogP contribution in [0.4, 0.5) is 8.78 Å². The van der Waals surface area contributed by atoms with E-state index in [9.17, 15) is 8.78 Å². The summed E-state index contributed by atoms with van der Waals surface area (Å²) in [6, 6.07) is 4.91. The monoisotopic (exact) mass is 418 g/mol. The third kappa shape index (κ3) is 3.31. The zero-order chi connectivity index (χ0) is 18.4. The van der Waals surface area contributed by atoms with Crippen LogP contribution in [-0.2, 0) is 6.54 Å². The second kappa shape index (κ2) is 6.79. The first kappa shape index (κ1) is 17.7. The van der Waals surface area contributed by atoms with Crippen LogP contribution in [0.1, 0.15) is 42.5 Å². The summed E-state index contributed by atoms with van der Waals surface area (Å²) in [6.45, 7) is 0.0521. The Labute approximate surface area is 161 Å². The van der Waals surface area contributed by atoms with Gasteiger partial charge in [0.05, 0.1) is 15.7 Å². The van der Waals surface area contributed by atoms with E-state index in [0.717, 1.165) is 12.8 Å². The lowest BCUT2D eigenvalue weighted by atomic mass is 10.2. The molecule has 1 fully saturated rings. The van der Waals surface area contributed by atoms with Crippen LogP contribution in [0.3, 0.4) is 0 Å². The predicted octanol–water partition coefficient (Wildman–Crippen LogP) is 5.76. The molecule has 26 heavy (non-hydrogen) atoms. The highest BCUT2D eigenvalue weighted by molar-refractivity contribution is 6.36. The summed E-state index contributed by atoms with van der Waals surface area (Å²) in [6.07, 6.45) is -0.958. The molecule has 1 aromatic carbocycles. The molecule has 0 aliphatic heterocycles. The van der Waals surface area contributed by atoms with Gasteiger partial charge in [-0.15, -0.1) is 0 Å². The summed E-state index contributed by atoms with van der Waals surface area (Å²) < 4.78 is 32.9. The summed E-state index contributed by atoms with van der Waals surface area (Å²) in [7, 11) is 0. The molecule has 0 atom stereocenters. The van der Waals surface area contributed by atoms with Gasteiger partial charge in [-0.1, -0.05) is 40.0 Å². The largest absolute Gasteiger partial charge is 0.337 e. The summed E-state index contributed by atoms with van der Waals surface area (Å²) in [5.74, 6) is 0.630. The minimum Gasteiger partial charge on any atom is -0.337 e. The average molecular weight is 420 g/mol. The van der Waals surface area contributed by atoms with Gasteiger partial charge in [-0.3, -0.25) is 4.68 Å². The molecule has 4 rings (SSSR count). The number of rotatable bonds is 5. The maximum absolute atomic E-state index is 13.1. The smallest absolute Gasteiger partial charge is 0.283 e. The van der Waals surface area contributed by atoms with Gasteiger partial charge in [-0.25, -0.2) is 8.78 Å². The first-order valence-corrected chi connectivity index (χ1v) is 8.89. The van der Waals surface area contributed by atoms with Crippen LogP contribution in [0.15, 0.2) is 22.7 Å². The van der Waals surface area contributed by atoms with Crippen LogP contribution < -0.4 is 0 Å². The fourth-order valence-corrected chi connectivity index (χ4v) is 3.57. The van der Waals surface area contributed by atoms with Gasteiger partial charge in [0.15, 0.2) is 0 Å². The Kier molecular flexibility index (Phi) is 4.62. The molecule has 2 heterocycles. The molecule has 1 aliphatic rings. The summed E-state index contributed by atoms with van der Waals surface area (Å²) in [5, 5.41) is 8.72. The second-order valence-electron chi connectivity index (χ2n) is 5.95. The number of halogens is 5. The van der Waals surface area contributed by atoms with Gasteiger partial charge in [0.1, 0.15) is 12.2 Å². The molecular weight excluding hydrogens is 409 g/mol. The van der Waals surface area contributed by atoms with Crippen LogP contribution in [0.5, 0.6) is 0 Å². The molecule has 5 nitrogen and oxygen atoms in total. The Hall–Kier alpha value is -1.70. The van der Waals surface area contributed by atoms with Crippen molar-refractivity contribution in [1.82, 2.24) is 19.9 Å². The number of hydrogen-bond acceptors (Lipinski definition) is 4. The standard InChI is InChI=1S/C16H11Cl3F2N4O/c17-8-3-4-9(10(18)5-8)16-22-11(26-24-16)6-25-14(7-1-2-7)12(19)13(23-25)15(20)21/h3-5,7,15H,1-2,6H2. The van der Waals surface area contributed by atoms with Gasteiger partial charge in [0, 0.05) is 16.5 Å². The van der Waals surface area contributed by atoms with Gasteiger partial charge in [-0.05, 0) is 31.0 Å². The van der Waals surface area contributed by atoms with E-state index in [1.807, 2.05) is 0 Å². The highest BCUT2D eigenvalue weighted by atomic mass is 35.5. The molecular formula is C16H11Cl3F2N4O. The maximum Gasteiger partial charge on any atom is 0.283 e. The molecule has 0 saturated heterocycles. The van der Waals surface area contributed by atoms with Crippen molar-refractivity contribution in [1.29, 1.82) is 0 Å². The fourth-order valence-electron chi connectivity index (χ4n) is 2.71. The van der Waals surface area contributed by atoms with Crippen molar-refractivity contribution >= 4 is 34.8 Å². The summed E-state index contributed by atoms with van der Waals surface area (Å²) in [5.41, 5.74) is 0.723. The van der Waals surface area contributed by atoms with Crippen LogP contribution in [-0.4, -0.2) is 19.9 Å². The quantitative estimate of drug-likeness (QED) is 0.528. The highest BCUT2D eigenvalue weighted by Gasteiger charge is 2.34. The van der Waals surface area contributed by atoms with E-state index in [-0.39, 0.29) is 29.2 Å². The number of nitrogens with zero attached hydrogens (tertiary/aromatic N) is 4. The van der Waals surface area contributed by atoms with Crippen molar-refractivity contribution in [3.63, 3.8) is 0 Å². The van der Waals surface area contributed by atoms with Crippen LogP contribution in [0, 0.1) is 0 Å². The minimum absolute atomic E-state index is 0.0167. The summed E-state index contributed by atoms with van der Waals surface area (Å²) in [4.78, 5) is 4.27. The number of benzene rings is 1. The maximum atomic E-state index is 13.1. The van der Waals surface area contributed by atoms with Gasteiger partial charge in [-0.2, -0.15) is 10.1 Å². The van der Waals surface area contributed by atoms with Gasteiger partial charge < -0.3 is 4.52 Å². The van der Waals surface area contributed by atoms with Crippen molar-refractivity contribution < 1.29 is 13.3 Å². The zero-order valence-electron chi connectivity index (χ0n) is 13.1. The van der Waals surface area contributed by atoms with E-state index in [1.54, 1.807) is 18.2 Å². The Bertz CT molecular complexity index is 969. The van der Waals surface area contributed by atoms with Gasteiger partial charge in [0.25, 0.3) is 6.43 Å². The first-order valence-electron chi connectivity index (χ1n) is 7.76. The lowest BCUT2D eigenvalue weighted by Gasteiger charge is -2.03. The molecule has 0 bridgehead atoms. The molecule has 0 unspecified atom stereocenters. The average Bonchev–Trinajstić information content (AvgIpc) is 3.21. The third-order valence-electron chi connectivity index (χ3n) is 4.05. The van der Waals surface area contributed by atoms with Crippen molar-refractivity contribution in [3.8, 4) is 11.4 Å². The predicted molar refractivity (Wildman–Crippen MR) is 93.0 cm³/mol. The van der Waals surface area contributed by atoms with E-state index in [2.05, 4.69) is 15.2 Å². The molecule has 0 amide bonds. The molecule has 3 aromatic rings. The molecule has 1 saturated carbocycles. The Morgan fingerprint density at radius 1 is 1.23 bits per heavy atom. The van der Waals surface area contributed by atoms with Crippen molar-refractivity contribution in [2.45, 2.75) is 31.7 Å². The Balaban J connectivity index is 1.65. The zero-order valence-corrected chi connectivity index (χ0v) is 15.4. The van der Waals surface area contributed by atoms with Gasteiger partial charge >= 0.3 is 0 Å². The first-order chi connectivity index (χ1) is 12.4. The third-order valence-corrected chi connectivity index (χ3v) is 4.99. The lowest BCUT2D eigenvalue weighted by molar-refractivity contribution is 0.145.